The number of anilines is 3. The van der Waals surface area contributed by atoms with Crippen molar-refractivity contribution >= 4 is 58.1 Å². The van der Waals surface area contributed by atoms with Gasteiger partial charge in [-0.1, -0.05) is 36.4 Å². The highest BCUT2D eigenvalue weighted by molar-refractivity contribution is 7.97. The van der Waals surface area contributed by atoms with E-state index in [1.165, 1.54) is 36.0 Å². The molecule has 0 aliphatic carbocycles. The fraction of sp³-hybridized carbons (Fsp3) is 0.226. The van der Waals surface area contributed by atoms with Gasteiger partial charge in [0, 0.05) is 34.8 Å². The van der Waals surface area contributed by atoms with Crippen LogP contribution in [0, 0.1) is 10.8 Å². The van der Waals surface area contributed by atoms with Crippen LogP contribution >= 0.6 is 23.3 Å². The molecule has 4 aromatic rings. The number of para-hydroxylation sites is 1. The minimum atomic E-state index is -0.292. The van der Waals surface area contributed by atoms with Crippen LogP contribution in [0.1, 0.15) is 39.2 Å². The molecule has 0 unspecified atom stereocenters. The number of methoxy groups -OCH3 is 1. The van der Waals surface area contributed by atoms with Crippen molar-refractivity contribution in [3.05, 3.63) is 99.9 Å². The number of benzene rings is 2. The number of hydrogen-bond donors (Lipinski definition) is 4. The number of likely N-dealkylation sites (tertiary alicyclic amines) is 1. The Hall–Kier alpha value is -4.03. The summed E-state index contributed by atoms with van der Waals surface area (Å²) in [6.45, 7) is 2.79. The summed E-state index contributed by atoms with van der Waals surface area (Å²) < 4.78 is 8.42. The lowest BCUT2D eigenvalue weighted by Gasteiger charge is -2.32. The highest BCUT2D eigenvalue weighted by Crippen LogP contribution is 2.35. The van der Waals surface area contributed by atoms with Gasteiger partial charge in [-0.2, -0.15) is 0 Å². The van der Waals surface area contributed by atoms with Gasteiger partial charge >= 0.3 is 5.97 Å². The lowest BCUT2D eigenvalue weighted by atomic mass is 10.0. The number of nitrogens with one attached hydrogen (secondary N) is 4. The van der Waals surface area contributed by atoms with Gasteiger partial charge in [-0.3, -0.25) is 25.3 Å². The number of hydrogen-bond acceptors (Lipinski definition) is 10. The summed E-state index contributed by atoms with van der Waals surface area (Å²) in [5.74, 6) is 0.780. The van der Waals surface area contributed by atoms with Crippen molar-refractivity contribution in [1.82, 2.24) is 14.6 Å². The molecule has 9 nitrogen and oxygen atoms in total. The molecule has 2 aromatic heterocycles. The summed E-state index contributed by atoms with van der Waals surface area (Å²) in [7, 11) is 1.41. The molecule has 214 valence electrons. The first kappa shape index (κ1) is 28.1. The summed E-state index contributed by atoms with van der Waals surface area (Å²) in [6, 6.07) is 21.8. The van der Waals surface area contributed by atoms with Gasteiger partial charge < -0.3 is 10.1 Å². The van der Waals surface area contributed by atoms with Gasteiger partial charge in [0.1, 0.15) is 16.5 Å². The number of pyridine rings is 1. The number of thiophene rings is 1. The number of fused-ring (bicyclic) bond motifs is 2. The summed E-state index contributed by atoms with van der Waals surface area (Å²) in [5.41, 5.74) is 4.10. The molecule has 2 aliphatic heterocycles. The Morgan fingerprint density at radius 3 is 2.69 bits per heavy atom. The normalized spacial score (nSPS) is 15.4. The Morgan fingerprint density at radius 2 is 1.90 bits per heavy atom. The molecule has 1 saturated heterocycles. The van der Waals surface area contributed by atoms with E-state index in [1.54, 1.807) is 11.1 Å². The number of ether oxygens (including phenoxy) is 1. The molecular formula is C31H31N7O2S2. The molecular weight excluding hydrogens is 567 g/mol. The Balaban J connectivity index is 1.07. The zero-order valence-electron chi connectivity index (χ0n) is 23.1. The SMILES string of the molecule is COC(=O)c1sccc1SNC1CCN(Cc2ccc(C(=N)N3C(=N)c4ccccc4Nc4ncccc43)cc2)CC1. The van der Waals surface area contributed by atoms with E-state index in [9.17, 15) is 4.79 Å². The second-order valence-electron chi connectivity index (χ2n) is 10.1. The number of carbonyl (C=O) groups excluding carboxylic acids is 1. The summed E-state index contributed by atoms with van der Waals surface area (Å²) in [5, 5.41) is 23.3. The van der Waals surface area contributed by atoms with Crippen LogP contribution in [0.4, 0.5) is 17.2 Å². The molecule has 0 spiro atoms. The van der Waals surface area contributed by atoms with Gasteiger partial charge in [0.2, 0.25) is 0 Å². The van der Waals surface area contributed by atoms with Crippen LogP contribution in [-0.4, -0.2) is 53.8 Å². The fourth-order valence-corrected chi connectivity index (χ4v) is 7.10. The molecule has 0 bridgehead atoms. The van der Waals surface area contributed by atoms with Crippen molar-refractivity contribution in [3.8, 4) is 0 Å². The minimum absolute atomic E-state index is 0.227. The Labute approximate surface area is 253 Å². The van der Waals surface area contributed by atoms with E-state index in [-0.39, 0.29) is 17.6 Å². The Morgan fingerprint density at radius 1 is 1.12 bits per heavy atom. The topological polar surface area (TPSA) is 117 Å². The number of nitrogens with zero attached hydrogens (tertiary/aromatic N) is 3. The van der Waals surface area contributed by atoms with Gasteiger partial charge in [0.25, 0.3) is 0 Å². The van der Waals surface area contributed by atoms with Gasteiger partial charge in [-0.05, 0) is 79.2 Å². The van der Waals surface area contributed by atoms with Crippen LogP contribution in [0.5, 0.6) is 0 Å². The maximum absolute atomic E-state index is 11.9. The van der Waals surface area contributed by atoms with Crippen LogP contribution in [0.3, 0.4) is 0 Å². The van der Waals surface area contributed by atoms with Crippen LogP contribution < -0.4 is 14.9 Å². The molecule has 42 heavy (non-hydrogen) atoms. The van der Waals surface area contributed by atoms with Crippen LogP contribution in [0.2, 0.25) is 0 Å². The van der Waals surface area contributed by atoms with Gasteiger partial charge in [-0.25, -0.2) is 9.78 Å². The maximum atomic E-state index is 11.9. The number of carbonyl (C=O) groups is 1. The number of aromatic nitrogens is 1. The molecule has 11 heteroatoms. The lowest BCUT2D eigenvalue weighted by molar-refractivity contribution is 0.0602. The van der Waals surface area contributed by atoms with E-state index >= 15 is 0 Å². The zero-order chi connectivity index (χ0) is 29.1. The number of esters is 1. The standard InChI is InChI=1S/C31H31N7O2S2/c1-40-31(39)27-26(14-18-41-27)42-36-22-12-16-37(17-13-22)19-20-8-10-21(11-9-20)28(32)38-25-7-4-15-34-30(25)35-24-6-3-2-5-23(24)29(38)33/h2-11,14-15,18,22,32-33,36H,12-13,16-17,19H2,1H3,(H,34,35). The van der Waals surface area contributed by atoms with Gasteiger partial charge in [0.15, 0.2) is 5.82 Å². The largest absolute Gasteiger partial charge is 0.465 e. The van der Waals surface area contributed by atoms with Crippen molar-refractivity contribution in [2.75, 3.05) is 30.4 Å². The van der Waals surface area contributed by atoms with E-state index in [2.05, 4.69) is 32.1 Å². The first-order chi connectivity index (χ1) is 20.5. The Kier molecular flexibility index (Phi) is 8.34. The molecule has 0 amide bonds. The third kappa shape index (κ3) is 5.82. The van der Waals surface area contributed by atoms with Crippen LogP contribution in [-0.2, 0) is 11.3 Å². The third-order valence-electron chi connectivity index (χ3n) is 7.47. The second-order valence-corrected chi connectivity index (χ2v) is 11.9. The summed E-state index contributed by atoms with van der Waals surface area (Å²) in [6.07, 6.45) is 3.75. The van der Waals surface area contributed by atoms with Crippen molar-refractivity contribution < 1.29 is 9.53 Å². The predicted octanol–water partition coefficient (Wildman–Crippen LogP) is 6.11. The molecule has 2 aliphatic rings. The summed E-state index contributed by atoms with van der Waals surface area (Å²) >= 11 is 2.91. The van der Waals surface area contributed by atoms with E-state index in [1.807, 2.05) is 60.0 Å². The van der Waals surface area contributed by atoms with Crippen molar-refractivity contribution in [3.63, 3.8) is 0 Å². The van der Waals surface area contributed by atoms with E-state index in [4.69, 9.17) is 15.6 Å². The summed E-state index contributed by atoms with van der Waals surface area (Å²) in [4.78, 5) is 22.1. The molecule has 4 N–H and O–H groups in total. The first-order valence-electron chi connectivity index (χ1n) is 13.7. The number of piperidine rings is 1. The maximum Gasteiger partial charge on any atom is 0.349 e. The molecule has 6 rings (SSSR count). The van der Waals surface area contributed by atoms with Gasteiger partial charge in [0.05, 0.1) is 18.5 Å². The lowest BCUT2D eigenvalue weighted by Crippen LogP contribution is -2.40. The highest BCUT2D eigenvalue weighted by atomic mass is 32.2. The van der Waals surface area contributed by atoms with Crippen molar-refractivity contribution in [2.24, 2.45) is 0 Å². The van der Waals surface area contributed by atoms with Crippen LogP contribution in [0.25, 0.3) is 0 Å². The molecule has 4 heterocycles. The highest BCUT2D eigenvalue weighted by Gasteiger charge is 2.28. The Bertz CT molecular complexity index is 1610. The molecule has 0 radical (unpaired) electrons. The van der Waals surface area contributed by atoms with E-state index in [0.29, 0.717) is 28.0 Å². The molecule has 1 fully saturated rings. The van der Waals surface area contributed by atoms with Crippen molar-refractivity contribution in [2.45, 2.75) is 30.3 Å². The fourth-order valence-electron chi connectivity index (χ4n) is 5.20. The molecule has 0 atom stereocenters. The molecule has 0 saturated carbocycles. The van der Waals surface area contributed by atoms with Gasteiger partial charge in [-0.15, -0.1) is 11.3 Å². The minimum Gasteiger partial charge on any atom is -0.465 e. The average molecular weight is 598 g/mol. The third-order valence-corrected chi connectivity index (χ3v) is 9.50. The zero-order valence-corrected chi connectivity index (χ0v) is 24.7. The number of rotatable bonds is 7. The molecule has 2 aromatic carbocycles. The monoisotopic (exact) mass is 597 g/mol. The second kappa shape index (κ2) is 12.5. The smallest absolute Gasteiger partial charge is 0.349 e. The van der Waals surface area contributed by atoms with Crippen molar-refractivity contribution in [1.29, 1.82) is 10.8 Å². The average Bonchev–Trinajstić information content (AvgIpc) is 3.46. The van der Waals surface area contributed by atoms with E-state index in [0.717, 1.165) is 48.6 Å². The van der Waals surface area contributed by atoms with Crippen LogP contribution in [0.15, 0.2) is 83.2 Å². The first-order valence-corrected chi connectivity index (χ1v) is 15.4. The number of amidine groups is 2. The van der Waals surface area contributed by atoms with E-state index < -0.39 is 0 Å². The quantitative estimate of drug-likeness (QED) is 0.0873. The predicted molar refractivity (Wildman–Crippen MR) is 169 cm³/mol.